The number of aromatic hydroxyl groups is 1. The standard InChI is InChI=1S/C29H25F2N3O2/c1-4-20-23(30)8-5-16-9-19(35)10-21(25(16)20)27-26(31)24-14(2)15(3)33-28(22(24)13-32-27)29(36)11-17-6-7-18(12-29)34-17/h1,5,8-10,13,17-18,34-36H,6-7,11-12H2,2-3H3. The predicted molar refractivity (Wildman–Crippen MR) is 135 cm³/mol. The second-order valence-electron chi connectivity index (χ2n) is 10.1. The fraction of sp³-hybridized carbons (Fsp3) is 0.310. The Balaban J connectivity index is 1.64. The van der Waals surface area contributed by atoms with Crippen LogP contribution in [0.1, 0.15) is 48.2 Å². The molecular formula is C29H25F2N3O2. The van der Waals surface area contributed by atoms with E-state index in [1.165, 1.54) is 30.5 Å². The number of aryl methyl sites for hydroxylation is 2. The number of benzene rings is 2. The molecule has 2 unspecified atom stereocenters. The van der Waals surface area contributed by atoms with Crippen LogP contribution in [-0.2, 0) is 5.60 Å². The minimum Gasteiger partial charge on any atom is -0.508 e. The molecule has 4 aromatic rings. The third kappa shape index (κ3) is 3.29. The number of phenolic OH excluding ortho intramolecular Hbond substituents is 1. The fourth-order valence-electron chi connectivity index (χ4n) is 6.14. The van der Waals surface area contributed by atoms with Gasteiger partial charge in [0.05, 0.1) is 11.3 Å². The molecule has 0 aliphatic carbocycles. The van der Waals surface area contributed by atoms with Crippen LogP contribution in [0.5, 0.6) is 5.75 Å². The summed E-state index contributed by atoms with van der Waals surface area (Å²) in [5.41, 5.74) is 0.612. The van der Waals surface area contributed by atoms with Crippen molar-refractivity contribution in [3.05, 3.63) is 64.6 Å². The number of terminal acetylenes is 1. The van der Waals surface area contributed by atoms with Gasteiger partial charge in [-0.1, -0.05) is 12.0 Å². The second-order valence-corrected chi connectivity index (χ2v) is 10.1. The first-order valence-corrected chi connectivity index (χ1v) is 12.1. The Kier molecular flexibility index (Phi) is 5.05. The molecule has 2 fully saturated rings. The first-order valence-electron chi connectivity index (χ1n) is 12.1. The van der Waals surface area contributed by atoms with Gasteiger partial charge in [0.2, 0.25) is 0 Å². The van der Waals surface area contributed by atoms with E-state index in [0.717, 1.165) is 12.8 Å². The van der Waals surface area contributed by atoms with Crippen molar-refractivity contribution in [2.24, 2.45) is 0 Å². The van der Waals surface area contributed by atoms with Crippen LogP contribution in [-0.4, -0.2) is 32.3 Å². The first kappa shape index (κ1) is 22.8. The van der Waals surface area contributed by atoms with E-state index in [2.05, 4.69) is 16.2 Å². The maximum Gasteiger partial charge on any atom is 0.157 e. The monoisotopic (exact) mass is 485 g/mol. The number of aliphatic hydroxyl groups is 1. The van der Waals surface area contributed by atoms with Gasteiger partial charge in [-0.25, -0.2) is 8.78 Å². The van der Waals surface area contributed by atoms with Crippen molar-refractivity contribution in [1.29, 1.82) is 0 Å². The fourth-order valence-corrected chi connectivity index (χ4v) is 6.14. The molecule has 2 aliphatic rings. The van der Waals surface area contributed by atoms with Gasteiger partial charge in [0.25, 0.3) is 0 Å². The Hall–Kier alpha value is -3.60. The van der Waals surface area contributed by atoms with Gasteiger partial charge in [-0.3, -0.25) is 9.97 Å². The summed E-state index contributed by atoms with van der Waals surface area (Å²) in [6, 6.07) is 5.91. The van der Waals surface area contributed by atoms with Gasteiger partial charge in [0, 0.05) is 45.7 Å². The highest BCUT2D eigenvalue weighted by Crippen LogP contribution is 2.44. The molecule has 2 bridgehead atoms. The molecule has 2 aromatic heterocycles. The largest absolute Gasteiger partial charge is 0.508 e. The van der Waals surface area contributed by atoms with Crippen LogP contribution in [0, 0.1) is 37.8 Å². The molecule has 7 heteroatoms. The van der Waals surface area contributed by atoms with Crippen LogP contribution in [0.2, 0.25) is 0 Å². The second kappa shape index (κ2) is 7.95. The summed E-state index contributed by atoms with van der Waals surface area (Å²) in [6.45, 7) is 3.58. The predicted octanol–water partition coefficient (Wildman–Crippen LogP) is 5.13. The summed E-state index contributed by atoms with van der Waals surface area (Å²) in [4.78, 5) is 9.18. The number of piperidine rings is 1. The van der Waals surface area contributed by atoms with Crippen molar-refractivity contribution < 1.29 is 19.0 Å². The van der Waals surface area contributed by atoms with Crippen LogP contribution in [0.25, 0.3) is 32.8 Å². The van der Waals surface area contributed by atoms with Gasteiger partial charge < -0.3 is 15.5 Å². The third-order valence-corrected chi connectivity index (χ3v) is 7.87. The number of rotatable bonds is 2. The van der Waals surface area contributed by atoms with E-state index in [9.17, 15) is 14.6 Å². The van der Waals surface area contributed by atoms with Crippen LogP contribution in [0.4, 0.5) is 8.78 Å². The van der Waals surface area contributed by atoms with E-state index in [1.54, 1.807) is 13.8 Å². The Morgan fingerprint density at radius 2 is 1.83 bits per heavy atom. The lowest BCUT2D eigenvalue weighted by molar-refractivity contribution is -0.0139. The first-order chi connectivity index (χ1) is 17.2. The molecule has 36 heavy (non-hydrogen) atoms. The molecular weight excluding hydrogens is 460 g/mol. The molecule has 2 saturated heterocycles. The number of fused-ring (bicyclic) bond motifs is 4. The van der Waals surface area contributed by atoms with Crippen LogP contribution in [0.3, 0.4) is 0 Å². The van der Waals surface area contributed by atoms with E-state index in [-0.39, 0.29) is 34.7 Å². The van der Waals surface area contributed by atoms with Gasteiger partial charge in [0.1, 0.15) is 22.9 Å². The SMILES string of the molecule is C#Cc1c(F)ccc2cc(O)cc(-c3ncc4c(C5(O)CC6CCC(C5)N6)nc(C)c(C)c4c3F)c12. The van der Waals surface area contributed by atoms with Gasteiger partial charge in [-0.2, -0.15) is 0 Å². The van der Waals surface area contributed by atoms with Crippen LogP contribution < -0.4 is 5.32 Å². The van der Waals surface area contributed by atoms with E-state index in [0.29, 0.717) is 51.3 Å². The van der Waals surface area contributed by atoms with Gasteiger partial charge >= 0.3 is 0 Å². The van der Waals surface area contributed by atoms with Crippen molar-refractivity contribution in [2.75, 3.05) is 0 Å². The number of hydrogen-bond donors (Lipinski definition) is 3. The topological polar surface area (TPSA) is 78.3 Å². The van der Waals surface area contributed by atoms with Crippen molar-refractivity contribution >= 4 is 21.5 Å². The van der Waals surface area contributed by atoms with Gasteiger partial charge in [-0.15, -0.1) is 6.42 Å². The smallest absolute Gasteiger partial charge is 0.157 e. The number of phenols is 1. The molecule has 0 spiro atoms. The molecule has 5 nitrogen and oxygen atoms in total. The number of nitrogens with one attached hydrogen (secondary N) is 1. The molecule has 4 heterocycles. The van der Waals surface area contributed by atoms with E-state index >= 15 is 4.39 Å². The molecule has 0 saturated carbocycles. The Labute approximate surface area is 207 Å². The Bertz CT molecular complexity index is 1610. The lowest BCUT2D eigenvalue weighted by Gasteiger charge is -2.37. The maximum absolute atomic E-state index is 16.4. The van der Waals surface area contributed by atoms with Gasteiger partial charge in [0.15, 0.2) is 5.82 Å². The summed E-state index contributed by atoms with van der Waals surface area (Å²) in [6.07, 6.45) is 10.1. The number of nitrogens with zero attached hydrogens (tertiary/aromatic N) is 2. The summed E-state index contributed by atoms with van der Waals surface area (Å²) < 4.78 is 31.0. The zero-order valence-corrected chi connectivity index (χ0v) is 20.0. The van der Waals surface area contributed by atoms with Crippen molar-refractivity contribution in [1.82, 2.24) is 15.3 Å². The van der Waals surface area contributed by atoms with Crippen LogP contribution >= 0.6 is 0 Å². The van der Waals surface area contributed by atoms with Gasteiger partial charge in [-0.05, 0) is 68.7 Å². The average molecular weight is 486 g/mol. The molecule has 2 aliphatic heterocycles. The highest BCUT2D eigenvalue weighted by atomic mass is 19.1. The van der Waals surface area contributed by atoms with E-state index in [4.69, 9.17) is 11.4 Å². The zero-order chi connectivity index (χ0) is 25.4. The van der Waals surface area contributed by atoms with E-state index < -0.39 is 17.2 Å². The molecule has 6 rings (SSSR count). The minimum atomic E-state index is -1.19. The number of pyridine rings is 2. The molecule has 182 valence electrons. The van der Waals surface area contributed by atoms with E-state index in [1.807, 2.05) is 0 Å². The lowest BCUT2D eigenvalue weighted by atomic mass is 9.82. The summed E-state index contributed by atoms with van der Waals surface area (Å²) in [5, 5.41) is 27.2. The Morgan fingerprint density at radius 1 is 1.11 bits per heavy atom. The summed E-state index contributed by atoms with van der Waals surface area (Å²) in [7, 11) is 0. The lowest BCUT2D eigenvalue weighted by Crippen LogP contribution is -2.47. The number of hydrogen-bond acceptors (Lipinski definition) is 5. The number of halogens is 2. The summed E-state index contributed by atoms with van der Waals surface area (Å²) in [5.74, 6) is 1.01. The van der Waals surface area contributed by atoms with Crippen molar-refractivity contribution in [2.45, 2.75) is 57.2 Å². The molecule has 2 aromatic carbocycles. The van der Waals surface area contributed by atoms with Crippen molar-refractivity contribution in [3.8, 4) is 29.4 Å². The van der Waals surface area contributed by atoms with Crippen molar-refractivity contribution in [3.63, 3.8) is 0 Å². The highest BCUT2D eigenvalue weighted by molar-refractivity contribution is 6.03. The minimum absolute atomic E-state index is 0.0217. The number of aromatic nitrogens is 2. The molecule has 2 atom stereocenters. The molecule has 3 N–H and O–H groups in total. The molecule has 0 amide bonds. The average Bonchev–Trinajstić information content (AvgIpc) is 3.19. The summed E-state index contributed by atoms with van der Waals surface area (Å²) >= 11 is 0. The maximum atomic E-state index is 16.4. The Morgan fingerprint density at radius 3 is 2.53 bits per heavy atom. The normalized spacial score (nSPS) is 23.3. The highest BCUT2D eigenvalue weighted by Gasteiger charge is 2.45. The third-order valence-electron chi connectivity index (χ3n) is 7.87. The quantitative estimate of drug-likeness (QED) is 0.343. The van der Waals surface area contributed by atoms with Crippen LogP contribution in [0.15, 0.2) is 30.5 Å². The molecule has 0 radical (unpaired) electrons. The zero-order valence-electron chi connectivity index (χ0n) is 20.0.